The van der Waals surface area contributed by atoms with Gasteiger partial charge >= 0.3 is 5.97 Å². The molecule has 1 unspecified atom stereocenters. The van der Waals surface area contributed by atoms with Crippen molar-refractivity contribution >= 4 is 32.9 Å². The van der Waals surface area contributed by atoms with Gasteiger partial charge in [0.1, 0.15) is 40.2 Å². The lowest BCUT2D eigenvalue weighted by Gasteiger charge is -2.27. The number of benzene rings is 4. The van der Waals surface area contributed by atoms with E-state index in [1.54, 1.807) is 31.2 Å². The Morgan fingerprint density at radius 1 is 0.950 bits per heavy atom. The van der Waals surface area contributed by atoms with E-state index in [0.29, 0.717) is 34.0 Å². The average Bonchev–Trinajstić information content (AvgIpc) is 3.28. The van der Waals surface area contributed by atoms with E-state index in [0.717, 1.165) is 15.4 Å². The number of carbonyl (C=O) groups excluding carboxylic acids is 1. The highest BCUT2D eigenvalue weighted by atomic mass is 79.9. The molecule has 0 bridgehead atoms. The van der Waals surface area contributed by atoms with Crippen LogP contribution in [0.2, 0.25) is 0 Å². The van der Waals surface area contributed by atoms with Crippen LogP contribution in [0.1, 0.15) is 33.2 Å². The maximum atomic E-state index is 13.0. The molecule has 0 spiro atoms. The number of hydrogen-bond donors (Lipinski definition) is 1. The van der Waals surface area contributed by atoms with E-state index in [-0.39, 0.29) is 23.0 Å². The van der Waals surface area contributed by atoms with Gasteiger partial charge in [-0.2, -0.15) is 5.26 Å². The number of nitriles is 1. The second kappa shape index (κ2) is 10.3. The van der Waals surface area contributed by atoms with Crippen molar-refractivity contribution in [2.75, 3.05) is 0 Å². The van der Waals surface area contributed by atoms with Gasteiger partial charge in [-0.3, -0.25) is 0 Å². The fourth-order valence-corrected chi connectivity index (χ4v) is 5.13. The molecular formula is C32H21BrN2O5. The van der Waals surface area contributed by atoms with E-state index in [2.05, 4.69) is 22.0 Å². The van der Waals surface area contributed by atoms with Gasteiger partial charge in [0.05, 0.1) is 5.92 Å². The number of rotatable bonds is 5. The zero-order chi connectivity index (χ0) is 27.8. The van der Waals surface area contributed by atoms with Gasteiger partial charge in [-0.25, -0.2) is 4.79 Å². The number of fused-ring (bicyclic) bond motifs is 2. The number of ether oxygens (including phenoxy) is 3. The molecule has 1 atom stereocenters. The van der Waals surface area contributed by atoms with Crippen LogP contribution in [-0.2, 0) is 0 Å². The summed E-state index contributed by atoms with van der Waals surface area (Å²) in [6.07, 6.45) is 0. The molecule has 2 heterocycles. The maximum Gasteiger partial charge on any atom is 0.379 e. The monoisotopic (exact) mass is 592 g/mol. The van der Waals surface area contributed by atoms with Crippen molar-refractivity contribution in [1.29, 1.82) is 5.26 Å². The van der Waals surface area contributed by atoms with Gasteiger partial charge in [0, 0.05) is 27.1 Å². The summed E-state index contributed by atoms with van der Waals surface area (Å²) in [6, 6.07) is 29.6. The molecule has 0 saturated heterocycles. The number of para-hydroxylation sites is 1. The third-order valence-corrected chi connectivity index (χ3v) is 7.15. The summed E-state index contributed by atoms with van der Waals surface area (Å²) in [7, 11) is 0. The van der Waals surface area contributed by atoms with Crippen LogP contribution in [0, 0.1) is 18.3 Å². The minimum atomic E-state index is -0.635. The number of nitrogens with zero attached hydrogens (tertiary/aromatic N) is 1. The standard InChI is InChI=1S/C32H21BrN2O5/c1-18-25-15-20(33)10-13-27(25)39-30(18)32(36)38-23-11-12-24-28(16-23)40-31(35)26(17-34)29(24)19-6-5-9-22(14-19)37-21-7-3-2-4-8-21/h2-16,29H,35H2,1H3. The van der Waals surface area contributed by atoms with Crippen LogP contribution < -0.4 is 19.9 Å². The van der Waals surface area contributed by atoms with Crippen molar-refractivity contribution in [3.63, 3.8) is 0 Å². The molecule has 2 N–H and O–H groups in total. The molecule has 0 fully saturated rings. The van der Waals surface area contributed by atoms with E-state index >= 15 is 0 Å². The Bertz CT molecular complexity index is 1850. The summed E-state index contributed by atoms with van der Waals surface area (Å²) in [5, 5.41) is 10.8. The first-order chi connectivity index (χ1) is 19.4. The summed E-state index contributed by atoms with van der Waals surface area (Å²) in [4.78, 5) is 13.0. The Kier molecular flexibility index (Phi) is 6.50. The summed E-state index contributed by atoms with van der Waals surface area (Å²) in [5.41, 5.74) is 9.23. The molecule has 0 saturated carbocycles. The number of carbonyl (C=O) groups is 1. The lowest BCUT2D eigenvalue weighted by atomic mass is 9.83. The van der Waals surface area contributed by atoms with Gasteiger partial charge in [0.2, 0.25) is 11.6 Å². The first kappa shape index (κ1) is 25.3. The van der Waals surface area contributed by atoms with Crippen molar-refractivity contribution in [2.24, 2.45) is 5.73 Å². The quantitative estimate of drug-likeness (QED) is 0.164. The van der Waals surface area contributed by atoms with Gasteiger partial charge < -0.3 is 24.4 Å². The zero-order valence-electron chi connectivity index (χ0n) is 21.2. The summed E-state index contributed by atoms with van der Waals surface area (Å²) < 4.78 is 24.1. The Hall–Kier alpha value is -5.00. The van der Waals surface area contributed by atoms with Crippen molar-refractivity contribution in [1.82, 2.24) is 0 Å². The molecule has 0 aliphatic carbocycles. The van der Waals surface area contributed by atoms with Crippen LogP contribution in [0.25, 0.3) is 11.0 Å². The molecule has 7 nitrogen and oxygen atoms in total. The average molecular weight is 593 g/mol. The molecule has 6 rings (SSSR count). The predicted octanol–water partition coefficient (Wildman–Crippen LogP) is 7.73. The van der Waals surface area contributed by atoms with E-state index in [4.69, 9.17) is 24.4 Å². The number of furan rings is 1. The maximum absolute atomic E-state index is 13.0. The lowest BCUT2D eigenvalue weighted by Crippen LogP contribution is -2.21. The minimum Gasteiger partial charge on any atom is -0.457 e. The molecule has 8 heteroatoms. The molecule has 5 aromatic rings. The van der Waals surface area contributed by atoms with Crippen LogP contribution in [0.4, 0.5) is 0 Å². The second-order valence-corrected chi connectivity index (χ2v) is 10.1. The van der Waals surface area contributed by atoms with Gasteiger partial charge in [-0.15, -0.1) is 0 Å². The molecule has 4 aromatic carbocycles. The number of allylic oxidation sites excluding steroid dienone is 1. The Morgan fingerprint density at radius 2 is 1.75 bits per heavy atom. The second-order valence-electron chi connectivity index (χ2n) is 9.20. The molecule has 40 heavy (non-hydrogen) atoms. The van der Waals surface area contributed by atoms with Gasteiger partial charge in [0.25, 0.3) is 0 Å². The normalized spacial score (nSPS) is 14.3. The lowest BCUT2D eigenvalue weighted by molar-refractivity contribution is 0.0702. The molecule has 1 aromatic heterocycles. The largest absolute Gasteiger partial charge is 0.457 e. The summed E-state index contributed by atoms with van der Waals surface area (Å²) >= 11 is 3.44. The smallest absolute Gasteiger partial charge is 0.379 e. The predicted molar refractivity (Wildman–Crippen MR) is 152 cm³/mol. The van der Waals surface area contributed by atoms with Crippen LogP contribution in [-0.4, -0.2) is 5.97 Å². The minimum absolute atomic E-state index is 0.0171. The SMILES string of the molecule is Cc1c(C(=O)Oc2ccc3c(c2)OC(N)=C(C#N)C3c2cccc(Oc3ccccc3)c2)oc2ccc(Br)cc12. The molecule has 1 aliphatic rings. The first-order valence-electron chi connectivity index (χ1n) is 12.4. The van der Waals surface area contributed by atoms with Crippen LogP contribution in [0.3, 0.4) is 0 Å². The topological polar surface area (TPSA) is 108 Å². The number of aryl methyl sites for hydroxylation is 1. The fraction of sp³-hybridized carbons (Fsp3) is 0.0625. The van der Waals surface area contributed by atoms with Crippen LogP contribution in [0.5, 0.6) is 23.0 Å². The van der Waals surface area contributed by atoms with Crippen molar-refractivity contribution < 1.29 is 23.4 Å². The molecular weight excluding hydrogens is 572 g/mol. The van der Waals surface area contributed by atoms with E-state index in [9.17, 15) is 10.1 Å². The number of halogens is 1. The van der Waals surface area contributed by atoms with Crippen molar-refractivity contribution in [2.45, 2.75) is 12.8 Å². The van der Waals surface area contributed by atoms with E-state index in [1.807, 2.05) is 66.7 Å². The van der Waals surface area contributed by atoms with E-state index in [1.165, 1.54) is 0 Å². The van der Waals surface area contributed by atoms with Crippen molar-refractivity contribution in [3.05, 3.63) is 129 Å². The molecule has 196 valence electrons. The Labute approximate surface area is 238 Å². The highest BCUT2D eigenvalue weighted by Crippen LogP contribution is 2.44. The van der Waals surface area contributed by atoms with Gasteiger partial charge in [0.15, 0.2) is 0 Å². The summed E-state index contributed by atoms with van der Waals surface area (Å²) in [6.45, 7) is 1.81. The molecule has 1 aliphatic heterocycles. The first-order valence-corrected chi connectivity index (χ1v) is 13.2. The van der Waals surface area contributed by atoms with Gasteiger partial charge in [-0.05, 0) is 61.0 Å². The molecule has 0 amide bonds. The third kappa shape index (κ3) is 4.68. The number of esters is 1. The third-order valence-electron chi connectivity index (χ3n) is 6.66. The van der Waals surface area contributed by atoms with Crippen LogP contribution >= 0.6 is 15.9 Å². The Morgan fingerprint density at radius 3 is 2.55 bits per heavy atom. The van der Waals surface area contributed by atoms with Gasteiger partial charge in [-0.1, -0.05) is 52.3 Å². The summed E-state index contributed by atoms with van der Waals surface area (Å²) in [5.74, 6) is 0.901. The Balaban J connectivity index is 1.31. The van der Waals surface area contributed by atoms with Crippen molar-refractivity contribution in [3.8, 4) is 29.1 Å². The fourth-order valence-electron chi connectivity index (χ4n) is 4.77. The number of hydrogen-bond acceptors (Lipinski definition) is 7. The van der Waals surface area contributed by atoms with Crippen LogP contribution in [0.15, 0.2) is 111 Å². The highest BCUT2D eigenvalue weighted by Gasteiger charge is 2.31. The number of nitrogens with two attached hydrogens (primary N) is 1. The molecule has 0 radical (unpaired) electrons. The zero-order valence-corrected chi connectivity index (χ0v) is 22.8. The van der Waals surface area contributed by atoms with E-state index < -0.39 is 11.9 Å². The highest BCUT2D eigenvalue weighted by molar-refractivity contribution is 9.10.